The lowest BCUT2D eigenvalue weighted by Crippen LogP contribution is -2.35. The van der Waals surface area contributed by atoms with Crippen molar-refractivity contribution in [3.05, 3.63) is 41.5 Å². The molecule has 0 fully saturated rings. The van der Waals surface area contributed by atoms with Crippen LogP contribution in [0.2, 0.25) is 0 Å². The predicted molar refractivity (Wildman–Crippen MR) is 80.3 cm³/mol. The molecule has 2 rings (SSSR count). The van der Waals surface area contributed by atoms with Gasteiger partial charge < -0.3 is 15.4 Å². The van der Waals surface area contributed by atoms with Crippen LogP contribution in [0.1, 0.15) is 18.4 Å². The lowest BCUT2D eigenvalue weighted by molar-refractivity contribution is -0.130. The number of amides is 1. The van der Waals surface area contributed by atoms with Crippen molar-refractivity contribution in [2.75, 3.05) is 32.5 Å². The Labute approximate surface area is 120 Å². The number of carbonyl (C=O) groups excluding carboxylic acids is 1. The number of nitrogen functional groups attached to an aromatic ring is 1. The first-order valence-corrected chi connectivity index (χ1v) is 6.98. The summed E-state index contributed by atoms with van der Waals surface area (Å²) in [5.41, 5.74) is 8.89. The second kappa shape index (κ2) is 7.10. The summed E-state index contributed by atoms with van der Waals surface area (Å²) in [5.74, 6) is 0.208. The van der Waals surface area contributed by atoms with Crippen LogP contribution in [0.15, 0.2) is 35.9 Å². The van der Waals surface area contributed by atoms with Gasteiger partial charge in [0.15, 0.2) is 0 Å². The third kappa shape index (κ3) is 4.10. The van der Waals surface area contributed by atoms with Gasteiger partial charge in [-0.3, -0.25) is 4.79 Å². The molecule has 0 atom stereocenters. The largest absolute Gasteiger partial charge is 0.399 e. The van der Waals surface area contributed by atoms with Gasteiger partial charge in [0.2, 0.25) is 5.91 Å². The lowest BCUT2D eigenvalue weighted by Gasteiger charge is -2.26. The van der Waals surface area contributed by atoms with E-state index in [0.29, 0.717) is 19.6 Å². The lowest BCUT2D eigenvalue weighted by atomic mass is 10.1. The molecule has 2 N–H and O–H groups in total. The minimum Gasteiger partial charge on any atom is -0.399 e. The highest BCUT2D eigenvalue weighted by molar-refractivity contribution is 5.76. The van der Waals surface area contributed by atoms with Gasteiger partial charge in [-0.25, -0.2) is 0 Å². The molecule has 1 heterocycles. The van der Waals surface area contributed by atoms with Crippen LogP contribution in [0.3, 0.4) is 0 Å². The normalized spacial score (nSPS) is 15.1. The topological polar surface area (TPSA) is 55.6 Å². The molecule has 1 aliphatic rings. The minimum atomic E-state index is 0.208. The van der Waals surface area contributed by atoms with Gasteiger partial charge in [-0.1, -0.05) is 18.2 Å². The Kier molecular flexibility index (Phi) is 5.18. The molecule has 0 aromatic heterocycles. The third-order valence-electron chi connectivity index (χ3n) is 3.56. The SMILES string of the molecule is COCC1=CCN(C(=O)CCc2cccc(N)c2)CC1. The smallest absolute Gasteiger partial charge is 0.223 e. The minimum absolute atomic E-state index is 0.208. The number of carbonyl (C=O) groups is 1. The molecule has 1 aromatic rings. The molecular weight excluding hydrogens is 252 g/mol. The number of ether oxygens (including phenoxy) is 1. The highest BCUT2D eigenvalue weighted by atomic mass is 16.5. The van der Waals surface area contributed by atoms with Gasteiger partial charge in [0.1, 0.15) is 0 Å². The quantitative estimate of drug-likeness (QED) is 0.660. The average Bonchev–Trinajstić information content (AvgIpc) is 2.46. The van der Waals surface area contributed by atoms with Gasteiger partial charge in [0, 0.05) is 32.3 Å². The fourth-order valence-electron chi connectivity index (χ4n) is 2.41. The highest BCUT2D eigenvalue weighted by Crippen LogP contribution is 2.14. The average molecular weight is 274 g/mol. The maximum atomic E-state index is 12.2. The Morgan fingerprint density at radius 3 is 2.95 bits per heavy atom. The summed E-state index contributed by atoms with van der Waals surface area (Å²) < 4.78 is 5.11. The van der Waals surface area contributed by atoms with E-state index < -0.39 is 0 Å². The zero-order chi connectivity index (χ0) is 14.4. The molecule has 4 heteroatoms. The van der Waals surface area contributed by atoms with Crippen molar-refractivity contribution in [2.45, 2.75) is 19.3 Å². The second-order valence-electron chi connectivity index (χ2n) is 5.13. The van der Waals surface area contributed by atoms with Gasteiger partial charge in [0.25, 0.3) is 0 Å². The first-order valence-electron chi connectivity index (χ1n) is 6.98. The van der Waals surface area contributed by atoms with E-state index in [9.17, 15) is 4.79 Å². The monoisotopic (exact) mass is 274 g/mol. The van der Waals surface area contributed by atoms with E-state index in [-0.39, 0.29) is 5.91 Å². The summed E-state index contributed by atoms with van der Waals surface area (Å²) in [4.78, 5) is 14.1. The van der Waals surface area contributed by atoms with E-state index >= 15 is 0 Å². The molecule has 0 bridgehead atoms. The van der Waals surface area contributed by atoms with Crippen LogP contribution in [0, 0.1) is 0 Å². The summed E-state index contributed by atoms with van der Waals surface area (Å²) >= 11 is 0. The number of hydrogen-bond donors (Lipinski definition) is 1. The molecule has 0 unspecified atom stereocenters. The van der Waals surface area contributed by atoms with Gasteiger partial charge in [-0.05, 0) is 36.1 Å². The number of nitrogens with two attached hydrogens (primary N) is 1. The number of nitrogens with zero attached hydrogens (tertiary/aromatic N) is 1. The van der Waals surface area contributed by atoms with Gasteiger partial charge in [-0.2, -0.15) is 0 Å². The Hall–Kier alpha value is -1.81. The Bertz CT molecular complexity index is 497. The molecule has 0 saturated carbocycles. The fraction of sp³-hybridized carbons (Fsp3) is 0.438. The zero-order valence-corrected chi connectivity index (χ0v) is 12.0. The second-order valence-corrected chi connectivity index (χ2v) is 5.13. The fourth-order valence-corrected chi connectivity index (χ4v) is 2.41. The Morgan fingerprint density at radius 1 is 1.45 bits per heavy atom. The molecule has 0 aliphatic carbocycles. The van der Waals surface area contributed by atoms with E-state index in [1.54, 1.807) is 7.11 Å². The van der Waals surface area contributed by atoms with Crippen molar-refractivity contribution in [3.8, 4) is 0 Å². The first kappa shape index (κ1) is 14.6. The van der Waals surface area contributed by atoms with Gasteiger partial charge in [-0.15, -0.1) is 0 Å². The summed E-state index contributed by atoms with van der Waals surface area (Å²) in [5, 5.41) is 0. The maximum Gasteiger partial charge on any atom is 0.223 e. The molecule has 0 spiro atoms. The summed E-state index contributed by atoms with van der Waals surface area (Å²) in [6.07, 6.45) is 4.30. The summed E-state index contributed by atoms with van der Waals surface area (Å²) in [6.45, 7) is 2.17. The number of benzene rings is 1. The number of rotatable bonds is 5. The van der Waals surface area contributed by atoms with E-state index in [1.807, 2.05) is 29.2 Å². The number of aryl methyl sites for hydroxylation is 1. The van der Waals surface area contributed by atoms with Crippen molar-refractivity contribution in [3.63, 3.8) is 0 Å². The molecule has 1 aromatic carbocycles. The highest BCUT2D eigenvalue weighted by Gasteiger charge is 2.16. The third-order valence-corrected chi connectivity index (χ3v) is 3.56. The molecule has 4 nitrogen and oxygen atoms in total. The molecule has 1 aliphatic heterocycles. The van der Waals surface area contributed by atoms with Crippen molar-refractivity contribution in [1.29, 1.82) is 0 Å². The van der Waals surface area contributed by atoms with Crippen LogP contribution in [0.4, 0.5) is 5.69 Å². The number of anilines is 1. The molecule has 0 radical (unpaired) electrons. The summed E-state index contributed by atoms with van der Waals surface area (Å²) in [6, 6.07) is 7.73. The van der Waals surface area contributed by atoms with Crippen LogP contribution < -0.4 is 5.73 Å². The van der Waals surface area contributed by atoms with Crippen LogP contribution in [0.25, 0.3) is 0 Å². The molecule has 0 saturated heterocycles. The zero-order valence-electron chi connectivity index (χ0n) is 12.0. The Morgan fingerprint density at radius 2 is 2.30 bits per heavy atom. The molecule has 20 heavy (non-hydrogen) atoms. The molecule has 1 amide bonds. The van der Waals surface area contributed by atoms with Gasteiger partial charge >= 0.3 is 0 Å². The van der Waals surface area contributed by atoms with Crippen LogP contribution in [0.5, 0.6) is 0 Å². The van der Waals surface area contributed by atoms with E-state index in [0.717, 1.165) is 30.6 Å². The van der Waals surface area contributed by atoms with Crippen molar-refractivity contribution in [1.82, 2.24) is 4.90 Å². The maximum absolute atomic E-state index is 12.2. The van der Waals surface area contributed by atoms with Gasteiger partial charge in [0.05, 0.1) is 6.61 Å². The van der Waals surface area contributed by atoms with Crippen LogP contribution in [-0.4, -0.2) is 37.6 Å². The van der Waals surface area contributed by atoms with Crippen molar-refractivity contribution in [2.24, 2.45) is 0 Å². The molecular formula is C16H22N2O2. The van der Waals surface area contributed by atoms with Crippen LogP contribution >= 0.6 is 0 Å². The molecule has 108 valence electrons. The van der Waals surface area contributed by atoms with Crippen LogP contribution in [-0.2, 0) is 16.0 Å². The van der Waals surface area contributed by atoms with E-state index in [4.69, 9.17) is 10.5 Å². The standard InChI is InChI=1S/C16H22N2O2/c1-20-12-14-7-9-18(10-8-14)16(19)6-5-13-3-2-4-15(17)11-13/h2-4,7,11H,5-6,8-10,12,17H2,1H3. The number of hydrogen-bond acceptors (Lipinski definition) is 3. The summed E-state index contributed by atoms with van der Waals surface area (Å²) in [7, 11) is 1.70. The van der Waals surface area contributed by atoms with Crippen molar-refractivity contribution >= 4 is 11.6 Å². The van der Waals surface area contributed by atoms with E-state index in [1.165, 1.54) is 5.57 Å². The van der Waals surface area contributed by atoms with Crippen molar-refractivity contribution < 1.29 is 9.53 Å². The Balaban J connectivity index is 1.81. The van der Waals surface area contributed by atoms with E-state index in [2.05, 4.69) is 6.08 Å². The number of methoxy groups -OCH3 is 1. The first-order chi connectivity index (χ1) is 9.69. The predicted octanol–water partition coefficient (Wildman–Crippen LogP) is 2.01.